The van der Waals surface area contributed by atoms with Gasteiger partial charge in [0.1, 0.15) is 0 Å². The molecular formula is C14H13FN2O. The number of carbonyl (C=O) groups excluding carboxylic acids is 1. The predicted octanol–water partition coefficient (Wildman–Crippen LogP) is 2.46. The molecule has 3 nitrogen and oxygen atoms in total. The summed E-state index contributed by atoms with van der Waals surface area (Å²) in [4.78, 5) is 15.3. The predicted molar refractivity (Wildman–Crippen MR) is 66.5 cm³/mol. The first-order valence-corrected chi connectivity index (χ1v) is 5.60. The van der Waals surface area contributed by atoms with Crippen molar-refractivity contribution in [2.45, 2.75) is 13.5 Å². The van der Waals surface area contributed by atoms with Gasteiger partial charge in [0.05, 0.1) is 11.8 Å². The Morgan fingerprint density at radius 1 is 1.28 bits per heavy atom. The molecule has 4 heteroatoms. The van der Waals surface area contributed by atoms with Gasteiger partial charge in [-0.25, -0.2) is 4.39 Å². The number of halogens is 1. The molecule has 0 saturated carbocycles. The van der Waals surface area contributed by atoms with Gasteiger partial charge in [0.15, 0.2) is 5.82 Å². The molecule has 0 saturated heterocycles. The van der Waals surface area contributed by atoms with Crippen LogP contribution in [0.2, 0.25) is 0 Å². The maximum absolute atomic E-state index is 13.3. The Bertz CT molecular complexity index is 552. The van der Waals surface area contributed by atoms with E-state index in [1.807, 2.05) is 31.2 Å². The van der Waals surface area contributed by atoms with E-state index in [1.54, 1.807) is 0 Å². The second-order valence-electron chi connectivity index (χ2n) is 4.02. The summed E-state index contributed by atoms with van der Waals surface area (Å²) in [5.41, 5.74) is 2.14. The highest BCUT2D eigenvalue weighted by atomic mass is 19.1. The van der Waals surface area contributed by atoms with E-state index in [2.05, 4.69) is 10.3 Å². The SMILES string of the molecule is Cc1ccc(CNC(=O)c2ccncc2F)cc1. The maximum atomic E-state index is 13.3. The molecular weight excluding hydrogens is 231 g/mol. The average molecular weight is 244 g/mol. The van der Waals surface area contributed by atoms with E-state index in [0.717, 1.165) is 17.3 Å². The smallest absolute Gasteiger partial charge is 0.254 e. The van der Waals surface area contributed by atoms with E-state index in [1.165, 1.54) is 12.3 Å². The number of nitrogens with one attached hydrogen (secondary N) is 1. The minimum atomic E-state index is -0.612. The third-order valence-electron chi connectivity index (χ3n) is 2.59. The molecule has 2 aromatic rings. The minimum Gasteiger partial charge on any atom is -0.348 e. The van der Waals surface area contributed by atoms with Gasteiger partial charge in [-0.15, -0.1) is 0 Å². The second-order valence-corrected chi connectivity index (χ2v) is 4.02. The summed E-state index contributed by atoms with van der Waals surface area (Å²) in [6.45, 7) is 2.37. The van der Waals surface area contributed by atoms with Crippen LogP contribution in [0.5, 0.6) is 0 Å². The van der Waals surface area contributed by atoms with Crippen molar-refractivity contribution in [1.82, 2.24) is 10.3 Å². The lowest BCUT2D eigenvalue weighted by Crippen LogP contribution is -2.23. The third-order valence-corrected chi connectivity index (χ3v) is 2.59. The van der Waals surface area contributed by atoms with Crippen molar-refractivity contribution in [3.05, 3.63) is 65.2 Å². The molecule has 1 aromatic carbocycles. The summed E-state index contributed by atoms with van der Waals surface area (Å²) < 4.78 is 13.3. The Hall–Kier alpha value is -2.23. The fraction of sp³-hybridized carbons (Fsp3) is 0.143. The number of hydrogen-bond donors (Lipinski definition) is 1. The number of hydrogen-bond acceptors (Lipinski definition) is 2. The molecule has 0 unspecified atom stereocenters. The first-order chi connectivity index (χ1) is 8.66. The van der Waals surface area contributed by atoms with E-state index in [-0.39, 0.29) is 5.56 Å². The lowest BCUT2D eigenvalue weighted by atomic mass is 10.1. The van der Waals surface area contributed by atoms with Gasteiger partial charge in [0, 0.05) is 12.7 Å². The Balaban J connectivity index is 2.01. The molecule has 0 aliphatic carbocycles. The Kier molecular flexibility index (Phi) is 3.67. The summed E-state index contributed by atoms with van der Waals surface area (Å²) in [6.07, 6.45) is 2.42. The van der Waals surface area contributed by atoms with Crippen LogP contribution in [0.25, 0.3) is 0 Å². The highest BCUT2D eigenvalue weighted by Crippen LogP contribution is 2.06. The van der Waals surface area contributed by atoms with Crippen LogP contribution in [-0.4, -0.2) is 10.9 Å². The van der Waals surface area contributed by atoms with E-state index >= 15 is 0 Å². The number of benzene rings is 1. The quantitative estimate of drug-likeness (QED) is 0.901. The van der Waals surface area contributed by atoms with Crippen molar-refractivity contribution >= 4 is 5.91 Å². The fourth-order valence-corrected chi connectivity index (χ4v) is 1.54. The Labute approximate surface area is 105 Å². The molecule has 1 N–H and O–H groups in total. The van der Waals surface area contributed by atoms with E-state index in [9.17, 15) is 9.18 Å². The van der Waals surface area contributed by atoms with Gasteiger partial charge < -0.3 is 5.32 Å². The Morgan fingerprint density at radius 2 is 2.00 bits per heavy atom. The van der Waals surface area contributed by atoms with Gasteiger partial charge in [-0.1, -0.05) is 29.8 Å². The van der Waals surface area contributed by atoms with Gasteiger partial charge in [0.25, 0.3) is 5.91 Å². The molecule has 18 heavy (non-hydrogen) atoms. The first kappa shape index (κ1) is 12.2. The molecule has 2 rings (SSSR count). The van der Waals surface area contributed by atoms with Crippen LogP contribution in [0.3, 0.4) is 0 Å². The highest BCUT2D eigenvalue weighted by Gasteiger charge is 2.10. The van der Waals surface area contributed by atoms with Crippen molar-refractivity contribution < 1.29 is 9.18 Å². The van der Waals surface area contributed by atoms with Gasteiger partial charge >= 0.3 is 0 Å². The van der Waals surface area contributed by atoms with E-state index in [0.29, 0.717) is 6.54 Å². The summed E-state index contributed by atoms with van der Waals surface area (Å²) in [7, 11) is 0. The van der Waals surface area contributed by atoms with Crippen LogP contribution in [0.1, 0.15) is 21.5 Å². The number of nitrogens with zero attached hydrogens (tertiary/aromatic N) is 1. The van der Waals surface area contributed by atoms with E-state index < -0.39 is 11.7 Å². The summed E-state index contributed by atoms with van der Waals surface area (Å²) in [5.74, 6) is -1.05. The largest absolute Gasteiger partial charge is 0.348 e. The zero-order valence-electron chi connectivity index (χ0n) is 9.98. The lowest BCUT2D eigenvalue weighted by molar-refractivity contribution is 0.0946. The van der Waals surface area contributed by atoms with Crippen LogP contribution >= 0.6 is 0 Å². The van der Waals surface area contributed by atoms with Crippen molar-refractivity contribution in [3.63, 3.8) is 0 Å². The van der Waals surface area contributed by atoms with Crippen LogP contribution < -0.4 is 5.32 Å². The average Bonchev–Trinajstić information content (AvgIpc) is 2.38. The molecule has 1 amide bonds. The number of carbonyl (C=O) groups is 1. The van der Waals surface area contributed by atoms with E-state index in [4.69, 9.17) is 0 Å². The topological polar surface area (TPSA) is 42.0 Å². The molecule has 0 bridgehead atoms. The normalized spacial score (nSPS) is 10.1. The molecule has 0 aliphatic heterocycles. The Morgan fingerprint density at radius 3 is 2.67 bits per heavy atom. The van der Waals surface area contributed by atoms with Crippen LogP contribution in [0, 0.1) is 12.7 Å². The van der Waals surface area contributed by atoms with Crippen LogP contribution in [0.4, 0.5) is 4.39 Å². The molecule has 0 atom stereocenters. The molecule has 0 radical (unpaired) electrons. The molecule has 1 heterocycles. The third kappa shape index (κ3) is 2.91. The number of amides is 1. The van der Waals surface area contributed by atoms with Crippen molar-refractivity contribution in [2.24, 2.45) is 0 Å². The molecule has 0 fully saturated rings. The second kappa shape index (κ2) is 5.40. The van der Waals surface area contributed by atoms with Crippen molar-refractivity contribution in [1.29, 1.82) is 0 Å². The van der Waals surface area contributed by atoms with Gasteiger partial charge in [-0.3, -0.25) is 9.78 Å². The van der Waals surface area contributed by atoms with Crippen molar-refractivity contribution in [2.75, 3.05) is 0 Å². The molecule has 1 aromatic heterocycles. The van der Waals surface area contributed by atoms with Crippen molar-refractivity contribution in [3.8, 4) is 0 Å². The van der Waals surface area contributed by atoms with Gasteiger partial charge in [-0.05, 0) is 18.6 Å². The molecule has 0 aliphatic rings. The molecule has 0 spiro atoms. The number of aryl methyl sites for hydroxylation is 1. The van der Waals surface area contributed by atoms with Gasteiger partial charge in [0.2, 0.25) is 0 Å². The van der Waals surface area contributed by atoms with Gasteiger partial charge in [-0.2, -0.15) is 0 Å². The minimum absolute atomic E-state index is 0.0112. The maximum Gasteiger partial charge on any atom is 0.254 e. The summed E-state index contributed by atoms with van der Waals surface area (Å²) in [6, 6.07) is 9.15. The first-order valence-electron chi connectivity index (χ1n) is 5.60. The van der Waals surface area contributed by atoms with Crippen LogP contribution in [-0.2, 0) is 6.54 Å². The number of aromatic nitrogens is 1. The highest BCUT2D eigenvalue weighted by molar-refractivity contribution is 5.94. The standard InChI is InChI=1S/C14H13FN2O/c1-10-2-4-11(5-3-10)8-17-14(18)12-6-7-16-9-13(12)15/h2-7,9H,8H2,1H3,(H,17,18). The zero-order chi connectivity index (χ0) is 13.0. The molecule has 92 valence electrons. The number of rotatable bonds is 3. The summed E-state index contributed by atoms with van der Waals surface area (Å²) in [5, 5.41) is 2.67. The zero-order valence-corrected chi connectivity index (χ0v) is 9.98. The monoisotopic (exact) mass is 244 g/mol. The lowest BCUT2D eigenvalue weighted by Gasteiger charge is -2.06. The van der Waals surface area contributed by atoms with Crippen LogP contribution in [0.15, 0.2) is 42.7 Å². The number of pyridine rings is 1. The summed E-state index contributed by atoms with van der Waals surface area (Å²) >= 11 is 0. The fourth-order valence-electron chi connectivity index (χ4n) is 1.54.